The monoisotopic (exact) mass is 1160 g/mol. The molecule has 0 heterocycles. The first-order valence-electron chi connectivity index (χ1n) is 36.1. The highest BCUT2D eigenvalue weighted by Crippen LogP contribution is 2.18. The molecular weight excluding hydrogens is 1020 g/mol. The maximum atomic E-state index is 12.9. The molecule has 0 rings (SSSR count). The maximum absolute atomic E-state index is 12.9. The van der Waals surface area contributed by atoms with E-state index in [2.05, 4.69) is 106 Å². The molecule has 0 aromatic rings. The fraction of sp³-hybridized carbons (Fsp3) is 0.779. The molecule has 0 bridgehead atoms. The number of allylic oxidation sites excluding steroid dienone is 14. The Bertz CT molecular complexity index is 1570. The quantitative estimate of drug-likeness (QED) is 0.0261. The number of rotatable bonds is 66. The Morgan fingerprint density at radius 2 is 0.470 bits per heavy atom. The van der Waals surface area contributed by atoms with Gasteiger partial charge < -0.3 is 14.2 Å². The molecule has 0 saturated heterocycles. The molecule has 6 heteroatoms. The minimum atomic E-state index is -0.799. The molecule has 0 saturated carbocycles. The Hall–Kier alpha value is -3.41. The van der Waals surface area contributed by atoms with Gasteiger partial charge in [0.1, 0.15) is 13.2 Å². The van der Waals surface area contributed by atoms with Crippen LogP contribution in [-0.2, 0) is 28.6 Å². The van der Waals surface area contributed by atoms with Gasteiger partial charge in [-0.2, -0.15) is 0 Å². The Labute approximate surface area is 515 Å². The predicted octanol–water partition coefficient (Wildman–Crippen LogP) is 25.0. The third-order valence-corrected chi connectivity index (χ3v) is 15.9. The normalized spacial score (nSPS) is 12.6. The van der Waals surface area contributed by atoms with Crippen LogP contribution in [0.3, 0.4) is 0 Å². The fourth-order valence-corrected chi connectivity index (χ4v) is 10.5. The number of carbonyl (C=O) groups excluding carboxylic acids is 3. The van der Waals surface area contributed by atoms with E-state index in [9.17, 15) is 14.4 Å². The number of hydrogen-bond donors (Lipinski definition) is 0. The maximum Gasteiger partial charge on any atom is 0.306 e. The molecule has 480 valence electrons. The summed E-state index contributed by atoms with van der Waals surface area (Å²) < 4.78 is 16.9. The molecule has 0 spiro atoms. The molecule has 0 aliphatic carbocycles. The minimum Gasteiger partial charge on any atom is -0.462 e. The van der Waals surface area contributed by atoms with Crippen molar-refractivity contribution in [3.05, 3.63) is 85.1 Å². The van der Waals surface area contributed by atoms with E-state index in [1.54, 1.807) is 0 Å². The molecule has 6 nitrogen and oxygen atoms in total. The molecule has 0 aromatic heterocycles. The summed E-state index contributed by atoms with van der Waals surface area (Å²) in [6, 6.07) is 0. The highest BCUT2D eigenvalue weighted by atomic mass is 16.6. The van der Waals surface area contributed by atoms with E-state index in [1.807, 2.05) is 0 Å². The Morgan fingerprint density at radius 1 is 0.253 bits per heavy atom. The van der Waals surface area contributed by atoms with Crippen LogP contribution in [0.2, 0.25) is 0 Å². The molecule has 0 aliphatic rings. The van der Waals surface area contributed by atoms with Gasteiger partial charge in [0.05, 0.1) is 0 Å². The van der Waals surface area contributed by atoms with Crippen molar-refractivity contribution in [2.75, 3.05) is 13.2 Å². The minimum absolute atomic E-state index is 0.0901. The van der Waals surface area contributed by atoms with Gasteiger partial charge in [-0.15, -0.1) is 0 Å². The second-order valence-electron chi connectivity index (χ2n) is 24.1. The summed E-state index contributed by atoms with van der Waals surface area (Å²) in [6.07, 6.45) is 94.9. The number of hydrogen-bond acceptors (Lipinski definition) is 6. The van der Waals surface area contributed by atoms with E-state index in [0.29, 0.717) is 19.3 Å². The molecule has 0 fully saturated rings. The molecule has 0 aliphatic heterocycles. The second-order valence-corrected chi connectivity index (χ2v) is 24.1. The molecule has 0 radical (unpaired) electrons. The standard InChI is InChI=1S/C77H136O6/c1-4-7-10-13-16-19-22-25-27-29-31-33-34-35-36-37-38-39-40-41-42-44-45-47-49-52-55-58-61-64-67-70-76(79)82-73-74(72-81-75(78)69-66-63-60-57-54-51-24-21-18-15-12-9-6-3)83-77(80)71-68-65-62-59-56-53-50-48-46-43-32-30-28-26-23-20-17-14-11-8-5-2/h8,11,17,20,26,28-29,31-32,43,48,50,56,59,74H,4-7,9-10,12-16,18-19,21-25,27,30,33-42,44-47,49,51-55,57-58,60-73H2,1-3H3/b11-8-,20-17-,28-26-,31-29-,43-32-,50-48-,59-56-. The van der Waals surface area contributed by atoms with E-state index in [-0.39, 0.29) is 37.5 Å². The van der Waals surface area contributed by atoms with Crippen LogP contribution < -0.4 is 0 Å². The Morgan fingerprint density at radius 3 is 0.771 bits per heavy atom. The zero-order valence-electron chi connectivity index (χ0n) is 55.2. The van der Waals surface area contributed by atoms with Crippen molar-refractivity contribution < 1.29 is 28.6 Å². The summed E-state index contributed by atoms with van der Waals surface area (Å²) in [6.45, 7) is 6.54. The van der Waals surface area contributed by atoms with Crippen LogP contribution in [0, 0.1) is 0 Å². The second kappa shape index (κ2) is 71.1. The number of ether oxygens (including phenoxy) is 3. The highest BCUT2D eigenvalue weighted by Gasteiger charge is 2.19. The molecule has 0 aromatic carbocycles. The summed E-state index contributed by atoms with van der Waals surface area (Å²) in [5.74, 6) is -0.915. The summed E-state index contributed by atoms with van der Waals surface area (Å²) in [5, 5.41) is 0. The van der Waals surface area contributed by atoms with Gasteiger partial charge in [-0.25, -0.2) is 0 Å². The lowest BCUT2D eigenvalue weighted by Crippen LogP contribution is -2.30. The summed E-state index contributed by atoms with van der Waals surface area (Å²) >= 11 is 0. The van der Waals surface area contributed by atoms with Gasteiger partial charge in [-0.1, -0.05) is 337 Å². The van der Waals surface area contributed by atoms with Gasteiger partial charge in [0.2, 0.25) is 0 Å². The SMILES string of the molecule is CC/C=C\C/C=C\C/C=C\C/C=C\C/C=C\C/C=C\CCCCC(=O)OC(COC(=O)CCCCCCCCCCCCCCC)COC(=O)CCCCCCCCCCCCCCCCCCCCC/C=C\CCCCCCCCCC. The van der Waals surface area contributed by atoms with Crippen molar-refractivity contribution in [3.63, 3.8) is 0 Å². The Kier molecular flexibility index (Phi) is 68.2. The van der Waals surface area contributed by atoms with Crippen LogP contribution in [0.25, 0.3) is 0 Å². The summed E-state index contributed by atoms with van der Waals surface area (Å²) in [7, 11) is 0. The Balaban J connectivity index is 4.25. The zero-order valence-corrected chi connectivity index (χ0v) is 55.2. The lowest BCUT2D eigenvalue weighted by molar-refractivity contribution is -0.167. The van der Waals surface area contributed by atoms with Crippen molar-refractivity contribution in [3.8, 4) is 0 Å². The number of unbranched alkanes of at least 4 members (excludes halogenated alkanes) is 41. The highest BCUT2D eigenvalue weighted by molar-refractivity contribution is 5.71. The molecular formula is C77H136O6. The van der Waals surface area contributed by atoms with Crippen molar-refractivity contribution in [2.24, 2.45) is 0 Å². The molecule has 0 amide bonds. The van der Waals surface area contributed by atoms with Crippen molar-refractivity contribution in [1.29, 1.82) is 0 Å². The van der Waals surface area contributed by atoms with E-state index in [0.717, 1.165) is 89.9 Å². The lowest BCUT2D eigenvalue weighted by atomic mass is 10.0. The topological polar surface area (TPSA) is 78.9 Å². The summed E-state index contributed by atoms with van der Waals surface area (Å²) in [5.41, 5.74) is 0. The largest absolute Gasteiger partial charge is 0.462 e. The smallest absolute Gasteiger partial charge is 0.306 e. The van der Waals surface area contributed by atoms with Gasteiger partial charge in [0.15, 0.2) is 6.10 Å². The van der Waals surface area contributed by atoms with E-state index in [4.69, 9.17) is 14.2 Å². The van der Waals surface area contributed by atoms with Gasteiger partial charge in [-0.3, -0.25) is 14.4 Å². The first-order chi connectivity index (χ1) is 41.0. The van der Waals surface area contributed by atoms with Crippen LogP contribution in [0.5, 0.6) is 0 Å². The predicted molar refractivity (Wildman–Crippen MR) is 362 cm³/mol. The fourth-order valence-electron chi connectivity index (χ4n) is 10.5. The zero-order chi connectivity index (χ0) is 59.9. The van der Waals surface area contributed by atoms with Crippen LogP contribution in [0.1, 0.15) is 367 Å². The van der Waals surface area contributed by atoms with Crippen LogP contribution in [0.4, 0.5) is 0 Å². The van der Waals surface area contributed by atoms with E-state index in [1.165, 1.54) is 231 Å². The number of esters is 3. The van der Waals surface area contributed by atoms with Crippen molar-refractivity contribution in [2.45, 2.75) is 374 Å². The average Bonchev–Trinajstić information content (AvgIpc) is 3.49. The first kappa shape index (κ1) is 79.6. The molecule has 1 unspecified atom stereocenters. The van der Waals surface area contributed by atoms with E-state index >= 15 is 0 Å². The molecule has 0 N–H and O–H groups in total. The summed E-state index contributed by atoms with van der Waals surface area (Å²) in [4.78, 5) is 38.4. The van der Waals surface area contributed by atoms with Gasteiger partial charge in [0.25, 0.3) is 0 Å². The van der Waals surface area contributed by atoms with Crippen molar-refractivity contribution >= 4 is 17.9 Å². The van der Waals surface area contributed by atoms with Gasteiger partial charge in [-0.05, 0) is 96.3 Å². The van der Waals surface area contributed by atoms with E-state index < -0.39 is 6.10 Å². The van der Waals surface area contributed by atoms with Crippen LogP contribution >= 0.6 is 0 Å². The van der Waals surface area contributed by atoms with Crippen LogP contribution in [-0.4, -0.2) is 37.2 Å². The van der Waals surface area contributed by atoms with Gasteiger partial charge >= 0.3 is 17.9 Å². The third kappa shape index (κ3) is 69.3. The van der Waals surface area contributed by atoms with Crippen LogP contribution in [0.15, 0.2) is 85.1 Å². The lowest BCUT2D eigenvalue weighted by Gasteiger charge is -2.18. The molecule has 1 atom stereocenters. The van der Waals surface area contributed by atoms with Crippen molar-refractivity contribution in [1.82, 2.24) is 0 Å². The third-order valence-electron chi connectivity index (χ3n) is 15.9. The van der Waals surface area contributed by atoms with Gasteiger partial charge in [0, 0.05) is 19.3 Å². The first-order valence-corrected chi connectivity index (χ1v) is 36.1. The average molecular weight is 1160 g/mol. The number of carbonyl (C=O) groups is 3. The molecule has 83 heavy (non-hydrogen) atoms.